The molecule has 0 fully saturated rings. The molecular formula is C11H14N2O. The molecule has 0 saturated heterocycles. The third-order valence-electron chi connectivity index (χ3n) is 2.93. The number of ether oxygens (including phenoxy) is 1. The third-order valence-corrected chi connectivity index (χ3v) is 2.93. The Balaban J connectivity index is 2.21. The van der Waals surface area contributed by atoms with Crippen LogP contribution < -0.4 is 15.0 Å². The Morgan fingerprint density at radius 3 is 3.21 bits per heavy atom. The Hall–Kier alpha value is -1.38. The van der Waals surface area contributed by atoms with Crippen molar-refractivity contribution < 1.29 is 4.74 Å². The Labute approximate surface area is 83.7 Å². The molecule has 0 aliphatic carbocycles. The van der Waals surface area contributed by atoms with Gasteiger partial charge in [0.25, 0.3) is 0 Å². The average Bonchev–Trinajstić information content (AvgIpc) is 2.45. The Bertz CT molecular complexity index is 389. The van der Waals surface area contributed by atoms with Crippen molar-refractivity contribution in [2.24, 2.45) is 0 Å². The van der Waals surface area contributed by atoms with Crippen LogP contribution in [0.25, 0.3) is 0 Å². The molecule has 3 nitrogen and oxygen atoms in total. The van der Waals surface area contributed by atoms with E-state index in [9.17, 15) is 0 Å². The third kappa shape index (κ3) is 0.924. The summed E-state index contributed by atoms with van der Waals surface area (Å²) in [5.41, 5.74) is 3.71. The minimum atomic E-state index is 0.398. The molecule has 3 rings (SSSR count). The predicted octanol–water partition coefficient (Wildman–Crippen LogP) is 1.97. The van der Waals surface area contributed by atoms with Gasteiger partial charge < -0.3 is 15.0 Å². The highest BCUT2D eigenvalue weighted by molar-refractivity contribution is 5.83. The van der Waals surface area contributed by atoms with Crippen LogP contribution in [0.4, 0.5) is 11.4 Å². The second-order valence-corrected chi connectivity index (χ2v) is 4.02. The van der Waals surface area contributed by atoms with Gasteiger partial charge in [0.1, 0.15) is 18.0 Å². The average molecular weight is 190 g/mol. The highest BCUT2D eigenvalue weighted by Gasteiger charge is 2.31. The van der Waals surface area contributed by atoms with Gasteiger partial charge in [-0.1, -0.05) is 0 Å². The summed E-state index contributed by atoms with van der Waals surface area (Å²) in [5.74, 6) is 1.03. The molecule has 1 N–H and O–H groups in total. The normalized spacial score (nSPS) is 22.7. The van der Waals surface area contributed by atoms with Crippen LogP contribution in [0.5, 0.6) is 5.75 Å². The minimum Gasteiger partial charge on any atom is -0.489 e. The summed E-state index contributed by atoms with van der Waals surface area (Å²) in [6, 6.07) is 4.30. The zero-order valence-electron chi connectivity index (χ0n) is 8.50. The van der Waals surface area contributed by atoms with Crippen LogP contribution in [-0.4, -0.2) is 19.3 Å². The molecule has 1 aromatic rings. The number of benzene rings is 1. The number of nitrogens with zero attached hydrogens (tertiary/aromatic N) is 1. The van der Waals surface area contributed by atoms with E-state index in [0.29, 0.717) is 6.17 Å². The maximum atomic E-state index is 5.66. The van der Waals surface area contributed by atoms with E-state index in [2.05, 4.69) is 36.2 Å². The van der Waals surface area contributed by atoms with Gasteiger partial charge in [0.15, 0.2) is 0 Å². The highest BCUT2D eigenvalue weighted by atomic mass is 16.5. The molecule has 0 radical (unpaired) electrons. The number of aryl methyl sites for hydroxylation is 1. The first-order valence-electron chi connectivity index (χ1n) is 5.06. The molecule has 0 spiro atoms. The standard InChI is InChI=1S/C11H14N2O/c1-7-5-9-11-10(6-7)14-4-3-13(11)8(2)12-9/h5-6,8,12H,3-4H2,1-2H3. The number of anilines is 2. The number of hydrogen-bond donors (Lipinski definition) is 1. The quantitative estimate of drug-likeness (QED) is 0.677. The van der Waals surface area contributed by atoms with E-state index >= 15 is 0 Å². The second kappa shape index (κ2) is 2.56. The summed E-state index contributed by atoms with van der Waals surface area (Å²) >= 11 is 0. The molecule has 0 aromatic heterocycles. The van der Waals surface area contributed by atoms with E-state index < -0.39 is 0 Å². The Kier molecular flexibility index (Phi) is 1.46. The number of rotatable bonds is 0. The monoisotopic (exact) mass is 190 g/mol. The molecule has 0 bridgehead atoms. The lowest BCUT2D eigenvalue weighted by atomic mass is 10.1. The predicted molar refractivity (Wildman–Crippen MR) is 57.1 cm³/mol. The number of nitrogens with one attached hydrogen (secondary N) is 1. The van der Waals surface area contributed by atoms with Gasteiger partial charge in [-0.05, 0) is 31.5 Å². The van der Waals surface area contributed by atoms with Crippen molar-refractivity contribution in [2.75, 3.05) is 23.4 Å². The van der Waals surface area contributed by atoms with E-state index in [4.69, 9.17) is 4.74 Å². The highest BCUT2D eigenvalue weighted by Crippen LogP contribution is 2.44. The lowest BCUT2D eigenvalue weighted by Crippen LogP contribution is -2.38. The van der Waals surface area contributed by atoms with E-state index in [1.807, 2.05) is 0 Å². The van der Waals surface area contributed by atoms with E-state index in [1.54, 1.807) is 0 Å². The van der Waals surface area contributed by atoms with Crippen LogP contribution in [0.3, 0.4) is 0 Å². The van der Waals surface area contributed by atoms with Crippen molar-refractivity contribution in [3.05, 3.63) is 17.7 Å². The minimum absolute atomic E-state index is 0.398. The van der Waals surface area contributed by atoms with Gasteiger partial charge in [-0.3, -0.25) is 0 Å². The molecular weight excluding hydrogens is 176 g/mol. The first-order valence-corrected chi connectivity index (χ1v) is 5.06. The van der Waals surface area contributed by atoms with Crippen LogP contribution in [0.1, 0.15) is 12.5 Å². The Morgan fingerprint density at radius 2 is 2.36 bits per heavy atom. The maximum Gasteiger partial charge on any atom is 0.145 e. The molecule has 3 heteroatoms. The molecule has 1 unspecified atom stereocenters. The zero-order valence-corrected chi connectivity index (χ0v) is 8.50. The molecule has 74 valence electrons. The van der Waals surface area contributed by atoms with Gasteiger partial charge in [0.2, 0.25) is 0 Å². The summed E-state index contributed by atoms with van der Waals surface area (Å²) < 4.78 is 5.66. The van der Waals surface area contributed by atoms with Crippen molar-refractivity contribution in [3.8, 4) is 5.75 Å². The van der Waals surface area contributed by atoms with Gasteiger partial charge >= 0.3 is 0 Å². The molecule has 14 heavy (non-hydrogen) atoms. The van der Waals surface area contributed by atoms with Crippen molar-refractivity contribution in [2.45, 2.75) is 20.0 Å². The lowest BCUT2D eigenvalue weighted by molar-refractivity contribution is 0.306. The topological polar surface area (TPSA) is 24.5 Å². The summed E-state index contributed by atoms with van der Waals surface area (Å²) in [6.07, 6.45) is 0.398. The zero-order chi connectivity index (χ0) is 9.71. The molecule has 2 aliphatic rings. The first-order chi connectivity index (χ1) is 6.75. The van der Waals surface area contributed by atoms with Gasteiger partial charge in [-0.2, -0.15) is 0 Å². The van der Waals surface area contributed by atoms with Gasteiger partial charge in [-0.25, -0.2) is 0 Å². The Morgan fingerprint density at radius 1 is 1.50 bits per heavy atom. The van der Waals surface area contributed by atoms with Crippen molar-refractivity contribution >= 4 is 11.4 Å². The van der Waals surface area contributed by atoms with Crippen molar-refractivity contribution in [1.82, 2.24) is 0 Å². The smallest absolute Gasteiger partial charge is 0.145 e. The summed E-state index contributed by atoms with van der Waals surface area (Å²) in [7, 11) is 0. The first kappa shape index (κ1) is 7.97. The fraction of sp³-hybridized carbons (Fsp3) is 0.455. The van der Waals surface area contributed by atoms with E-state index in [-0.39, 0.29) is 0 Å². The van der Waals surface area contributed by atoms with E-state index in [1.165, 1.54) is 16.9 Å². The van der Waals surface area contributed by atoms with Crippen LogP contribution >= 0.6 is 0 Å². The molecule has 2 aliphatic heterocycles. The van der Waals surface area contributed by atoms with Gasteiger partial charge in [-0.15, -0.1) is 0 Å². The van der Waals surface area contributed by atoms with Crippen LogP contribution in [-0.2, 0) is 0 Å². The number of hydrogen-bond acceptors (Lipinski definition) is 3. The fourth-order valence-electron chi connectivity index (χ4n) is 2.32. The van der Waals surface area contributed by atoms with Gasteiger partial charge in [0, 0.05) is 0 Å². The largest absolute Gasteiger partial charge is 0.489 e. The summed E-state index contributed by atoms with van der Waals surface area (Å²) in [5, 5.41) is 3.47. The van der Waals surface area contributed by atoms with Crippen molar-refractivity contribution in [3.63, 3.8) is 0 Å². The van der Waals surface area contributed by atoms with Crippen LogP contribution in [0, 0.1) is 6.92 Å². The molecule has 1 atom stereocenters. The summed E-state index contributed by atoms with van der Waals surface area (Å²) in [4.78, 5) is 2.37. The SMILES string of the molecule is Cc1cc2c3c(c1)OCCN3C(C)N2. The second-order valence-electron chi connectivity index (χ2n) is 4.02. The fourth-order valence-corrected chi connectivity index (χ4v) is 2.32. The van der Waals surface area contributed by atoms with Crippen molar-refractivity contribution in [1.29, 1.82) is 0 Å². The molecule has 2 heterocycles. The molecule has 1 aromatic carbocycles. The molecule has 0 amide bonds. The van der Waals surface area contributed by atoms with Gasteiger partial charge in [0.05, 0.1) is 18.4 Å². The van der Waals surface area contributed by atoms with Crippen LogP contribution in [0.2, 0.25) is 0 Å². The maximum absolute atomic E-state index is 5.66. The van der Waals surface area contributed by atoms with E-state index in [0.717, 1.165) is 18.9 Å². The summed E-state index contributed by atoms with van der Waals surface area (Å²) in [6.45, 7) is 6.06. The molecule has 0 saturated carbocycles. The van der Waals surface area contributed by atoms with Crippen LogP contribution in [0.15, 0.2) is 12.1 Å². The lowest BCUT2D eigenvalue weighted by Gasteiger charge is -2.29.